The van der Waals surface area contributed by atoms with E-state index < -0.39 is 11.7 Å². The molecule has 0 saturated carbocycles. The minimum absolute atomic E-state index is 0.219. The maximum absolute atomic E-state index is 13.9. The van der Waals surface area contributed by atoms with Gasteiger partial charge in [0.15, 0.2) is 0 Å². The molecule has 1 heterocycles. The molecular weight excluding hydrogens is 237 g/mol. The summed E-state index contributed by atoms with van der Waals surface area (Å²) in [4.78, 5) is 4.19. The van der Waals surface area contributed by atoms with Crippen molar-refractivity contribution in [2.75, 3.05) is 20.3 Å². The maximum Gasteiger partial charge on any atom is 0.213 e. The van der Waals surface area contributed by atoms with Gasteiger partial charge >= 0.3 is 0 Å². The van der Waals surface area contributed by atoms with Crippen molar-refractivity contribution in [1.29, 1.82) is 0 Å². The van der Waals surface area contributed by atoms with Crippen LogP contribution in [0.1, 0.15) is 11.5 Å². The molecule has 0 fully saturated rings. The fourth-order valence-electron chi connectivity index (χ4n) is 1.91. The molecule has 18 heavy (non-hydrogen) atoms. The topological polar surface area (TPSA) is 62.6 Å². The molecule has 2 N–H and O–H groups in total. The molecule has 2 rings (SSSR count). The SMILES string of the molecule is COc1ccc2ccc(F)c(C(CO)CO)c2n1. The minimum Gasteiger partial charge on any atom is -0.481 e. The zero-order valence-electron chi connectivity index (χ0n) is 9.93. The fraction of sp³-hybridized carbons (Fsp3) is 0.308. The van der Waals surface area contributed by atoms with Crippen LogP contribution >= 0.6 is 0 Å². The molecule has 0 aliphatic rings. The Hall–Kier alpha value is -1.72. The minimum atomic E-state index is -0.687. The second-order valence-electron chi connectivity index (χ2n) is 3.95. The lowest BCUT2D eigenvalue weighted by atomic mass is 9.97. The molecular formula is C13H14FNO3. The number of aliphatic hydroxyl groups is 2. The first-order valence-corrected chi connectivity index (χ1v) is 5.56. The number of pyridine rings is 1. The highest BCUT2D eigenvalue weighted by molar-refractivity contribution is 5.83. The van der Waals surface area contributed by atoms with Gasteiger partial charge in [-0.3, -0.25) is 0 Å². The summed E-state index contributed by atoms with van der Waals surface area (Å²) in [5.41, 5.74) is 0.624. The van der Waals surface area contributed by atoms with Gasteiger partial charge in [0, 0.05) is 22.9 Å². The second kappa shape index (κ2) is 5.29. The number of hydrogen-bond acceptors (Lipinski definition) is 4. The van der Waals surface area contributed by atoms with Gasteiger partial charge in [-0.25, -0.2) is 9.37 Å². The van der Waals surface area contributed by atoms with E-state index in [9.17, 15) is 14.6 Å². The third kappa shape index (κ3) is 2.14. The summed E-state index contributed by atoms with van der Waals surface area (Å²) in [6.45, 7) is -0.684. The van der Waals surface area contributed by atoms with Crippen molar-refractivity contribution in [1.82, 2.24) is 4.98 Å². The first-order chi connectivity index (χ1) is 8.71. The third-order valence-corrected chi connectivity index (χ3v) is 2.88. The van der Waals surface area contributed by atoms with Crippen LogP contribution in [0.2, 0.25) is 0 Å². The number of fused-ring (bicyclic) bond motifs is 1. The summed E-state index contributed by atoms with van der Waals surface area (Å²) in [7, 11) is 1.47. The molecule has 1 aromatic carbocycles. The average molecular weight is 251 g/mol. The standard InChI is InChI=1S/C13H14FNO3/c1-18-11-5-3-8-2-4-10(14)12(13(8)15-11)9(6-16)7-17/h2-5,9,16-17H,6-7H2,1H3. The number of aromatic nitrogens is 1. The van der Waals surface area contributed by atoms with Crippen LogP contribution in [0.15, 0.2) is 24.3 Å². The summed E-state index contributed by atoms with van der Waals surface area (Å²) in [6.07, 6.45) is 0. The van der Waals surface area contributed by atoms with E-state index in [1.807, 2.05) is 0 Å². The van der Waals surface area contributed by atoms with Gasteiger partial charge in [-0.05, 0) is 18.2 Å². The van der Waals surface area contributed by atoms with Crippen LogP contribution in [0.25, 0.3) is 10.9 Å². The lowest BCUT2D eigenvalue weighted by Crippen LogP contribution is -2.12. The number of rotatable bonds is 4. The van der Waals surface area contributed by atoms with E-state index in [1.54, 1.807) is 18.2 Å². The quantitative estimate of drug-likeness (QED) is 0.863. The van der Waals surface area contributed by atoms with Crippen LogP contribution < -0.4 is 4.74 Å². The first kappa shape index (κ1) is 12.7. The summed E-state index contributed by atoms with van der Waals surface area (Å²) >= 11 is 0. The third-order valence-electron chi connectivity index (χ3n) is 2.88. The summed E-state index contributed by atoms with van der Waals surface area (Å²) < 4.78 is 18.9. The Labute approximate surface area is 104 Å². The van der Waals surface area contributed by atoms with Gasteiger partial charge in [0.25, 0.3) is 0 Å². The van der Waals surface area contributed by atoms with Gasteiger partial charge in [-0.1, -0.05) is 0 Å². The zero-order chi connectivity index (χ0) is 13.1. The molecule has 0 saturated heterocycles. The predicted octanol–water partition coefficient (Wildman–Crippen LogP) is 1.45. The van der Waals surface area contributed by atoms with Gasteiger partial charge in [0.2, 0.25) is 5.88 Å². The Morgan fingerprint density at radius 2 is 1.89 bits per heavy atom. The first-order valence-electron chi connectivity index (χ1n) is 5.56. The Kier molecular flexibility index (Phi) is 3.74. The van der Waals surface area contributed by atoms with E-state index in [0.717, 1.165) is 5.39 Å². The predicted molar refractivity (Wildman–Crippen MR) is 65.2 cm³/mol. The molecule has 0 aliphatic carbocycles. The van der Waals surface area contributed by atoms with Crippen LogP contribution in [-0.4, -0.2) is 35.5 Å². The van der Waals surface area contributed by atoms with Gasteiger partial charge in [-0.15, -0.1) is 0 Å². The van der Waals surface area contributed by atoms with Crippen molar-refractivity contribution < 1.29 is 19.3 Å². The lowest BCUT2D eigenvalue weighted by molar-refractivity contribution is 0.191. The average Bonchev–Trinajstić information content (AvgIpc) is 2.41. The van der Waals surface area contributed by atoms with Gasteiger partial charge < -0.3 is 14.9 Å². The Morgan fingerprint density at radius 3 is 2.50 bits per heavy atom. The van der Waals surface area contributed by atoms with E-state index in [2.05, 4.69) is 4.98 Å². The molecule has 0 atom stereocenters. The molecule has 0 spiro atoms. The van der Waals surface area contributed by atoms with Crippen LogP contribution in [0, 0.1) is 5.82 Å². The Morgan fingerprint density at radius 1 is 1.22 bits per heavy atom. The summed E-state index contributed by atoms with van der Waals surface area (Å²) in [6, 6.07) is 6.35. The van der Waals surface area contributed by atoms with Crippen molar-refractivity contribution >= 4 is 10.9 Å². The van der Waals surface area contributed by atoms with E-state index in [4.69, 9.17) is 4.74 Å². The maximum atomic E-state index is 13.9. The smallest absolute Gasteiger partial charge is 0.213 e. The van der Waals surface area contributed by atoms with Crippen molar-refractivity contribution in [3.05, 3.63) is 35.6 Å². The van der Waals surface area contributed by atoms with Crippen LogP contribution in [0.4, 0.5) is 4.39 Å². The van der Waals surface area contributed by atoms with E-state index in [-0.39, 0.29) is 18.8 Å². The molecule has 2 aromatic rings. The van der Waals surface area contributed by atoms with Crippen LogP contribution in [0.5, 0.6) is 5.88 Å². The Balaban J connectivity index is 2.71. The molecule has 4 nitrogen and oxygen atoms in total. The molecule has 0 amide bonds. The highest BCUT2D eigenvalue weighted by atomic mass is 19.1. The van der Waals surface area contributed by atoms with Crippen molar-refractivity contribution in [3.8, 4) is 5.88 Å². The van der Waals surface area contributed by atoms with Crippen molar-refractivity contribution in [2.45, 2.75) is 5.92 Å². The number of methoxy groups -OCH3 is 1. The molecule has 0 unspecified atom stereocenters. The van der Waals surface area contributed by atoms with Crippen LogP contribution in [0.3, 0.4) is 0 Å². The highest BCUT2D eigenvalue weighted by Gasteiger charge is 2.19. The fourth-order valence-corrected chi connectivity index (χ4v) is 1.91. The molecule has 1 aromatic heterocycles. The number of ether oxygens (including phenoxy) is 1. The molecule has 0 radical (unpaired) electrons. The monoisotopic (exact) mass is 251 g/mol. The molecule has 96 valence electrons. The molecule has 5 heteroatoms. The number of aliphatic hydroxyl groups excluding tert-OH is 2. The Bertz CT molecular complexity index is 555. The van der Waals surface area contributed by atoms with E-state index >= 15 is 0 Å². The molecule has 0 bridgehead atoms. The summed E-state index contributed by atoms with van der Waals surface area (Å²) in [5, 5.41) is 19.1. The van der Waals surface area contributed by atoms with Crippen molar-refractivity contribution in [3.63, 3.8) is 0 Å². The normalized spacial score (nSPS) is 11.2. The zero-order valence-corrected chi connectivity index (χ0v) is 9.93. The lowest BCUT2D eigenvalue weighted by Gasteiger charge is -2.15. The van der Waals surface area contributed by atoms with Gasteiger partial charge in [0.05, 0.1) is 25.8 Å². The van der Waals surface area contributed by atoms with E-state index in [0.29, 0.717) is 11.4 Å². The largest absolute Gasteiger partial charge is 0.481 e. The number of halogens is 1. The van der Waals surface area contributed by atoms with Gasteiger partial charge in [-0.2, -0.15) is 0 Å². The molecule has 0 aliphatic heterocycles. The second-order valence-corrected chi connectivity index (χ2v) is 3.95. The highest BCUT2D eigenvalue weighted by Crippen LogP contribution is 2.28. The number of nitrogens with zero attached hydrogens (tertiary/aromatic N) is 1. The van der Waals surface area contributed by atoms with E-state index in [1.165, 1.54) is 13.2 Å². The number of benzene rings is 1. The van der Waals surface area contributed by atoms with Crippen molar-refractivity contribution in [2.24, 2.45) is 0 Å². The van der Waals surface area contributed by atoms with Gasteiger partial charge in [0.1, 0.15) is 5.82 Å². The number of hydrogen-bond donors (Lipinski definition) is 2. The summed E-state index contributed by atoms with van der Waals surface area (Å²) in [5.74, 6) is -0.811. The van der Waals surface area contributed by atoms with Crippen LogP contribution in [-0.2, 0) is 0 Å².